The lowest BCUT2D eigenvalue weighted by Gasteiger charge is -2.17. The first-order chi connectivity index (χ1) is 10.4. The van der Waals surface area contributed by atoms with Gasteiger partial charge in [-0.1, -0.05) is 48.5 Å². The number of benzene rings is 2. The second-order valence-electron chi connectivity index (χ2n) is 5.42. The Balaban J connectivity index is 1.72. The van der Waals surface area contributed by atoms with E-state index >= 15 is 0 Å². The van der Waals surface area contributed by atoms with Crippen LogP contribution in [0.4, 0.5) is 0 Å². The van der Waals surface area contributed by atoms with E-state index in [0.717, 1.165) is 31.7 Å². The van der Waals surface area contributed by atoms with Gasteiger partial charge in [0.2, 0.25) is 0 Å². The molecule has 2 heteroatoms. The van der Waals surface area contributed by atoms with Crippen LogP contribution in [0.3, 0.4) is 0 Å². The molecule has 0 spiro atoms. The maximum atomic E-state index is 5.76. The molecule has 0 aliphatic carbocycles. The van der Waals surface area contributed by atoms with Crippen molar-refractivity contribution in [3.63, 3.8) is 0 Å². The van der Waals surface area contributed by atoms with E-state index in [0.29, 0.717) is 5.92 Å². The summed E-state index contributed by atoms with van der Waals surface area (Å²) in [4.78, 5) is 0. The van der Waals surface area contributed by atoms with Gasteiger partial charge < -0.3 is 10.1 Å². The minimum atomic E-state index is 0.664. The Labute approximate surface area is 128 Å². The van der Waals surface area contributed by atoms with Crippen molar-refractivity contribution in [2.45, 2.75) is 19.3 Å². The van der Waals surface area contributed by atoms with Crippen LogP contribution in [-0.4, -0.2) is 20.2 Å². The zero-order valence-corrected chi connectivity index (χ0v) is 12.8. The number of ether oxygens (including phenoxy) is 1. The first-order valence-corrected chi connectivity index (χ1v) is 7.75. The first-order valence-electron chi connectivity index (χ1n) is 7.75. The topological polar surface area (TPSA) is 21.3 Å². The lowest BCUT2D eigenvalue weighted by Crippen LogP contribution is -2.21. The van der Waals surface area contributed by atoms with Gasteiger partial charge in [0.1, 0.15) is 5.75 Å². The predicted octanol–water partition coefficient (Wildman–Crippen LogP) is 3.92. The molecule has 0 amide bonds. The maximum absolute atomic E-state index is 5.76. The molecule has 0 aromatic heterocycles. The lowest BCUT2D eigenvalue weighted by molar-refractivity contribution is 0.290. The largest absolute Gasteiger partial charge is 0.494 e. The molecule has 2 nitrogen and oxygen atoms in total. The van der Waals surface area contributed by atoms with E-state index in [2.05, 4.69) is 35.6 Å². The summed E-state index contributed by atoms with van der Waals surface area (Å²) >= 11 is 0. The number of hydrogen-bond acceptors (Lipinski definition) is 2. The van der Waals surface area contributed by atoms with Crippen molar-refractivity contribution in [1.82, 2.24) is 5.32 Å². The minimum Gasteiger partial charge on any atom is -0.494 e. The molecule has 1 N–H and O–H groups in total. The molecule has 0 aliphatic rings. The predicted molar refractivity (Wildman–Crippen MR) is 88.7 cm³/mol. The van der Waals surface area contributed by atoms with Crippen LogP contribution in [0.15, 0.2) is 60.7 Å². The van der Waals surface area contributed by atoms with Gasteiger partial charge in [-0.15, -0.1) is 0 Å². The SMILES string of the molecule is CNCC(CCCOc1ccccc1)Cc1ccccc1. The van der Waals surface area contributed by atoms with Gasteiger partial charge >= 0.3 is 0 Å². The molecule has 1 unspecified atom stereocenters. The third-order valence-corrected chi connectivity index (χ3v) is 3.63. The smallest absolute Gasteiger partial charge is 0.119 e. The molecule has 0 saturated heterocycles. The summed E-state index contributed by atoms with van der Waals surface area (Å²) in [7, 11) is 2.03. The Bertz CT molecular complexity index is 483. The minimum absolute atomic E-state index is 0.664. The van der Waals surface area contributed by atoms with Crippen molar-refractivity contribution in [2.75, 3.05) is 20.2 Å². The van der Waals surface area contributed by atoms with E-state index in [1.807, 2.05) is 37.4 Å². The molecule has 21 heavy (non-hydrogen) atoms. The molecule has 1 atom stereocenters. The van der Waals surface area contributed by atoms with Crippen LogP contribution in [0, 0.1) is 5.92 Å². The van der Waals surface area contributed by atoms with E-state index in [1.54, 1.807) is 0 Å². The zero-order valence-electron chi connectivity index (χ0n) is 12.8. The van der Waals surface area contributed by atoms with Gasteiger partial charge in [0.15, 0.2) is 0 Å². The molecular formula is C19H25NO. The molecule has 0 saturated carbocycles. The molecule has 0 fully saturated rings. The Morgan fingerprint density at radius 2 is 1.62 bits per heavy atom. The molecule has 2 aromatic carbocycles. The van der Waals surface area contributed by atoms with Gasteiger partial charge in [0, 0.05) is 0 Å². The third-order valence-electron chi connectivity index (χ3n) is 3.63. The van der Waals surface area contributed by atoms with Crippen molar-refractivity contribution in [2.24, 2.45) is 5.92 Å². The van der Waals surface area contributed by atoms with E-state index < -0.39 is 0 Å². The highest BCUT2D eigenvalue weighted by atomic mass is 16.5. The van der Waals surface area contributed by atoms with Crippen molar-refractivity contribution in [1.29, 1.82) is 0 Å². The molecule has 112 valence electrons. The average Bonchev–Trinajstić information content (AvgIpc) is 2.54. The standard InChI is InChI=1S/C19H25NO/c1-20-16-18(15-17-9-4-2-5-10-17)11-8-14-21-19-12-6-3-7-13-19/h2-7,9-10,12-13,18,20H,8,11,14-16H2,1H3. The zero-order chi connectivity index (χ0) is 14.8. The number of hydrogen-bond donors (Lipinski definition) is 1. The van der Waals surface area contributed by atoms with Crippen molar-refractivity contribution in [3.05, 3.63) is 66.2 Å². The average molecular weight is 283 g/mol. The Kier molecular flexibility index (Phi) is 6.82. The summed E-state index contributed by atoms with van der Waals surface area (Å²) < 4.78 is 5.76. The molecule has 0 aliphatic heterocycles. The summed E-state index contributed by atoms with van der Waals surface area (Å²) in [5.74, 6) is 1.63. The molecular weight excluding hydrogens is 258 g/mol. The lowest BCUT2D eigenvalue weighted by atomic mass is 9.95. The van der Waals surface area contributed by atoms with E-state index in [1.165, 1.54) is 12.0 Å². The Morgan fingerprint density at radius 3 is 2.29 bits per heavy atom. The molecule has 0 bridgehead atoms. The maximum Gasteiger partial charge on any atom is 0.119 e. The van der Waals surface area contributed by atoms with Crippen LogP contribution in [-0.2, 0) is 6.42 Å². The fourth-order valence-corrected chi connectivity index (χ4v) is 2.59. The first kappa shape index (κ1) is 15.6. The van der Waals surface area contributed by atoms with Gasteiger partial charge in [-0.2, -0.15) is 0 Å². The van der Waals surface area contributed by atoms with Crippen molar-refractivity contribution < 1.29 is 4.74 Å². The molecule has 2 rings (SSSR count). The van der Waals surface area contributed by atoms with E-state index in [-0.39, 0.29) is 0 Å². The monoisotopic (exact) mass is 283 g/mol. The van der Waals surface area contributed by atoms with E-state index in [4.69, 9.17) is 4.74 Å². The van der Waals surface area contributed by atoms with Crippen molar-refractivity contribution >= 4 is 0 Å². The van der Waals surface area contributed by atoms with Crippen LogP contribution in [0.5, 0.6) is 5.75 Å². The summed E-state index contributed by atoms with van der Waals surface area (Å²) in [6.45, 7) is 1.85. The fourth-order valence-electron chi connectivity index (χ4n) is 2.59. The van der Waals surface area contributed by atoms with Crippen LogP contribution < -0.4 is 10.1 Å². The summed E-state index contributed by atoms with van der Waals surface area (Å²) in [6, 6.07) is 20.8. The fraction of sp³-hybridized carbons (Fsp3) is 0.368. The number of para-hydroxylation sites is 1. The Morgan fingerprint density at radius 1 is 0.952 bits per heavy atom. The summed E-state index contributed by atoms with van der Waals surface area (Å²) in [6.07, 6.45) is 3.41. The molecule has 0 heterocycles. The summed E-state index contributed by atoms with van der Waals surface area (Å²) in [5.41, 5.74) is 1.42. The summed E-state index contributed by atoms with van der Waals surface area (Å²) in [5, 5.41) is 3.31. The highest BCUT2D eigenvalue weighted by Crippen LogP contribution is 2.15. The number of nitrogens with one attached hydrogen (secondary N) is 1. The Hall–Kier alpha value is -1.80. The van der Waals surface area contributed by atoms with Crippen LogP contribution in [0.25, 0.3) is 0 Å². The van der Waals surface area contributed by atoms with Gasteiger partial charge in [-0.25, -0.2) is 0 Å². The van der Waals surface area contributed by atoms with Gasteiger partial charge in [-0.05, 0) is 56.5 Å². The second-order valence-corrected chi connectivity index (χ2v) is 5.42. The van der Waals surface area contributed by atoms with Crippen LogP contribution >= 0.6 is 0 Å². The van der Waals surface area contributed by atoms with Gasteiger partial charge in [-0.3, -0.25) is 0 Å². The van der Waals surface area contributed by atoms with E-state index in [9.17, 15) is 0 Å². The normalized spacial score (nSPS) is 12.0. The van der Waals surface area contributed by atoms with Gasteiger partial charge in [0.25, 0.3) is 0 Å². The quantitative estimate of drug-likeness (QED) is 0.704. The highest BCUT2D eigenvalue weighted by molar-refractivity contribution is 5.20. The van der Waals surface area contributed by atoms with Crippen LogP contribution in [0.2, 0.25) is 0 Å². The van der Waals surface area contributed by atoms with Crippen molar-refractivity contribution in [3.8, 4) is 5.75 Å². The van der Waals surface area contributed by atoms with Gasteiger partial charge in [0.05, 0.1) is 6.61 Å². The third kappa shape index (κ3) is 6.01. The number of rotatable bonds is 9. The van der Waals surface area contributed by atoms with Crippen LogP contribution in [0.1, 0.15) is 18.4 Å². The molecule has 0 radical (unpaired) electrons. The molecule has 2 aromatic rings. The highest BCUT2D eigenvalue weighted by Gasteiger charge is 2.08. The second kappa shape index (κ2) is 9.19.